The molecule has 7 aromatic carbocycles. The minimum absolute atomic E-state index is 0.141. The molecule has 3 aliphatic rings. The second kappa shape index (κ2) is 11.0. The van der Waals surface area contributed by atoms with Gasteiger partial charge in [0.25, 0.3) is 0 Å². The summed E-state index contributed by atoms with van der Waals surface area (Å²) >= 11 is 0. The number of allylic oxidation sites excluding steroid dienone is 2. The molecule has 0 radical (unpaired) electrons. The number of rotatable bonds is 4. The van der Waals surface area contributed by atoms with Gasteiger partial charge in [-0.15, -0.1) is 0 Å². The molecule has 240 valence electrons. The molecule has 0 saturated carbocycles. The van der Waals surface area contributed by atoms with Crippen molar-refractivity contribution in [3.8, 4) is 16.8 Å². The van der Waals surface area contributed by atoms with Gasteiger partial charge in [0.1, 0.15) is 0 Å². The molecule has 2 unspecified atom stereocenters. The third-order valence-corrected chi connectivity index (χ3v) is 11.1. The zero-order chi connectivity index (χ0) is 33.5. The predicted molar refractivity (Wildman–Crippen MR) is 212 cm³/mol. The van der Waals surface area contributed by atoms with Crippen LogP contribution in [0, 0.1) is 0 Å². The first-order valence-electron chi connectivity index (χ1n) is 17.8. The van der Waals surface area contributed by atoms with E-state index in [4.69, 9.17) is 0 Å². The summed E-state index contributed by atoms with van der Waals surface area (Å²) in [7, 11) is 0. The zero-order valence-electron chi connectivity index (χ0n) is 27.9. The maximum atomic E-state index is 2.57. The van der Waals surface area contributed by atoms with E-state index in [0.717, 1.165) is 5.69 Å². The van der Waals surface area contributed by atoms with Gasteiger partial charge >= 0.3 is 0 Å². The van der Waals surface area contributed by atoms with Crippen LogP contribution >= 0.6 is 0 Å². The molecule has 0 amide bonds. The Balaban J connectivity index is 1.08. The Morgan fingerprint density at radius 1 is 0.431 bits per heavy atom. The van der Waals surface area contributed by atoms with Crippen molar-refractivity contribution in [2.75, 3.05) is 9.80 Å². The van der Waals surface area contributed by atoms with Gasteiger partial charge in [0.15, 0.2) is 0 Å². The Morgan fingerprint density at radius 2 is 1.04 bits per heavy atom. The molecule has 1 aliphatic carbocycles. The molecule has 3 heteroatoms. The highest BCUT2D eigenvalue weighted by molar-refractivity contribution is 6.09. The Hall–Kier alpha value is -6.58. The van der Waals surface area contributed by atoms with Crippen LogP contribution in [0.3, 0.4) is 0 Å². The smallest absolute Gasteiger partial charge is 0.0722 e. The molecule has 3 heterocycles. The highest BCUT2D eigenvalue weighted by Gasteiger charge is 2.49. The van der Waals surface area contributed by atoms with Crippen molar-refractivity contribution in [2.24, 2.45) is 0 Å². The molecule has 11 rings (SSSR count). The second-order valence-corrected chi connectivity index (χ2v) is 13.7. The van der Waals surface area contributed by atoms with E-state index in [0.29, 0.717) is 0 Å². The van der Waals surface area contributed by atoms with Crippen LogP contribution in [0.15, 0.2) is 194 Å². The van der Waals surface area contributed by atoms with Gasteiger partial charge in [-0.25, -0.2) is 0 Å². The van der Waals surface area contributed by atoms with E-state index < -0.39 is 0 Å². The van der Waals surface area contributed by atoms with E-state index in [1.807, 2.05) is 0 Å². The highest BCUT2D eigenvalue weighted by atomic mass is 15.2. The molecule has 0 spiro atoms. The van der Waals surface area contributed by atoms with E-state index in [1.54, 1.807) is 0 Å². The molecule has 0 N–H and O–H groups in total. The van der Waals surface area contributed by atoms with Crippen LogP contribution in [0.4, 0.5) is 22.7 Å². The van der Waals surface area contributed by atoms with Crippen molar-refractivity contribution in [2.45, 2.75) is 12.0 Å². The zero-order valence-corrected chi connectivity index (χ0v) is 27.9. The average Bonchev–Trinajstić information content (AvgIpc) is 3.84. The maximum Gasteiger partial charge on any atom is 0.0722 e. The van der Waals surface area contributed by atoms with Crippen molar-refractivity contribution >= 4 is 50.1 Å². The molecule has 8 aromatic rings. The van der Waals surface area contributed by atoms with Gasteiger partial charge in [0.05, 0.1) is 28.7 Å². The maximum absolute atomic E-state index is 2.57. The first-order valence-corrected chi connectivity index (χ1v) is 17.8. The van der Waals surface area contributed by atoms with Crippen molar-refractivity contribution in [1.29, 1.82) is 0 Å². The van der Waals surface area contributed by atoms with E-state index in [9.17, 15) is 0 Å². The number of para-hydroxylation sites is 6. The summed E-state index contributed by atoms with van der Waals surface area (Å²) in [6.45, 7) is 0. The lowest BCUT2D eigenvalue weighted by Crippen LogP contribution is -2.35. The molecule has 3 nitrogen and oxygen atoms in total. The first-order chi connectivity index (χ1) is 25.3. The van der Waals surface area contributed by atoms with Crippen LogP contribution in [0.1, 0.15) is 17.0 Å². The van der Waals surface area contributed by atoms with Gasteiger partial charge in [-0.1, -0.05) is 127 Å². The molecule has 0 fully saturated rings. The summed E-state index contributed by atoms with van der Waals surface area (Å²) in [6, 6.07) is 64.4. The van der Waals surface area contributed by atoms with Gasteiger partial charge in [-0.05, 0) is 77.4 Å². The molecule has 1 aromatic heterocycles. The number of nitrogens with zero attached hydrogens (tertiary/aromatic N) is 3. The topological polar surface area (TPSA) is 11.4 Å². The van der Waals surface area contributed by atoms with Gasteiger partial charge < -0.3 is 14.4 Å². The summed E-state index contributed by atoms with van der Waals surface area (Å²) in [6.07, 6.45) is 4.76. The number of hydrogen-bond donors (Lipinski definition) is 0. The van der Waals surface area contributed by atoms with Crippen molar-refractivity contribution in [3.05, 3.63) is 205 Å². The number of benzene rings is 7. The lowest BCUT2D eigenvalue weighted by Gasteiger charge is -2.36. The normalized spacial score (nSPS) is 17.2. The summed E-state index contributed by atoms with van der Waals surface area (Å²) in [4.78, 5) is 5.10. The van der Waals surface area contributed by atoms with E-state index in [1.165, 1.54) is 78.1 Å². The van der Waals surface area contributed by atoms with Crippen molar-refractivity contribution < 1.29 is 0 Å². The van der Waals surface area contributed by atoms with E-state index >= 15 is 0 Å². The largest absolute Gasteiger partial charge is 0.332 e. The quantitative estimate of drug-likeness (QED) is 0.188. The first kappa shape index (κ1) is 28.3. The standard InChI is InChI=1S/C48H33N3/c1-2-16-33(17-3-1)50-44-27-12-7-22-38(44)39-29-30-46-47(48(39)50)40-23-8-13-28-45(40)51(46)41-24-9-4-19-35(41)32-15-14-18-34(31-32)49-42-25-10-5-20-36(42)37-21-6-11-26-43(37)49/h1-31,47-48H. The molecular weight excluding hydrogens is 619 g/mol. The van der Waals surface area contributed by atoms with Crippen LogP contribution < -0.4 is 9.80 Å². The van der Waals surface area contributed by atoms with E-state index in [-0.39, 0.29) is 12.0 Å². The van der Waals surface area contributed by atoms with Crippen LogP contribution in [-0.2, 0) is 0 Å². The van der Waals surface area contributed by atoms with Crippen LogP contribution in [0.5, 0.6) is 0 Å². The fraction of sp³-hybridized carbons (Fsp3) is 0.0417. The lowest BCUT2D eigenvalue weighted by molar-refractivity contribution is 0.704. The number of fused-ring (bicyclic) bond motifs is 10. The SMILES string of the molecule is C1=C2c3ccccc3N(c3ccccc3)C2C2C(=C1)N(c1ccccc1-c1cccc(-n3c4ccccc4c4ccccc43)c1)c1ccccc12. The molecule has 2 aliphatic heterocycles. The van der Waals surface area contributed by atoms with Gasteiger partial charge in [0, 0.05) is 50.3 Å². The van der Waals surface area contributed by atoms with Crippen LogP contribution in [0.25, 0.3) is 44.2 Å². The molecule has 0 saturated heterocycles. The fourth-order valence-corrected chi connectivity index (χ4v) is 9.05. The number of hydrogen-bond acceptors (Lipinski definition) is 2. The Bertz CT molecular complexity index is 2680. The Kier molecular flexibility index (Phi) is 6.08. The average molecular weight is 652 g/mol. The number of aromatic nitrogens is 1. The second-order valence-electron chi connectivity index (χ2n) is 13.7. The molecule has 2 atom stereocenters. The Labute approximate surface area is 297 Å². The summed E-state index contributed by atoms with van der Waals surface area (Å²) in [5.41, 5.74) is 16.3. The summed E-state index contributed by atoms with van der Waals surface area (Å²) in [5.74, 6) is 0.158. The Morgan fingerprint density at radius 3 is 1.82 bits per heavy atom. The minimum Gasteiger partial charge on any atom is -0.332 e. The van der Waals surface area contributed by atoms with Crippen LogP contribution in [0.2, 0.25) is 0 Å². The van der Waals surface area contributed by atoms with Gasteiger partial charge in [-0.2, -0.15) is 0 Å². The third-order valence-electron chi connectivity index (χ3n) is 11.1. The summed E-state index contributed by atoms with van der Waals surface area (Å²) < 4.78 is 2.41. The molecule has 0 bridgehead atoms. The van der Waals surface area contributed by atoms with Crippen molar-refractivity contribution in [3.63, 3.8) is 0 Å². The molecule has 51 heavy (non-hydrogen) atoms. The van der Waals surface area contributed by atoms with Crippen molar-refractivity contribution in [1.82, 2.24) is 4.57 Å². The minimum atomic E-state index is 0.141. The summed E-state index contributed by atoms with van der Waals surface area (Å²) in [5, 5.41) is 2.54. The lowest BCUT2D eigenvalue weighted by atomic mass is 9.82. The van der Waals surface area contributed by atoms with Crippen LogP contribution in [-0.4, -0.2) is 10.6 Å². The predicted octanol–water partition coefficient (Wildman–Crippen LogP) is 12.2. The van der Waals surface area contributed by atoms with Gasteiger partial charge in [-0.3, -0.25) is 0 Å². The fourth-order valence-electron chi connectivity index (χ4n) is 9.05. The number of anilines is 4. The monoisotopic (exact) mass is 651 g/mol. The van der Waals surface area contributed by atoms with Gasteiger partial charge in [0.2, 0.25) is 0 Å². The highest BCUT2D eigenvalue weighted by Crippen LogP contribution is 2.59. The third kappa shape index (κ3) is 4.06. The molecular formula is C48H33N3. The van der Waals surface area contributed by atoms with E-state index in [2.05, 4.69) is 202 Å².